The minimum Gasteiger partial charge on any atom is -0.456 e. The highest BCUT2D eigenvalue weighted by Gasteiger charge is 2.53. The predicted molar refractivity (Wildman–Crippen MR) is 132 cm³/mol. The number of rotatable bonds is 10. The maximum atomic E-state index is 13.3. The first-order valence-corrected chi connectivity index (χ1v) is 11.9. The number of carbonyl (C=O) groups excluding carboxylic acids is 2. The van der Waals surface area contributed by atoms with Crippen LogP contribution in [0.15, 0.2) is 91.0 Å². The van der Waals surface area contributed by atoms with Gasteiger partial charge in [-0.05, 0) is 16.7 Å². The van der Waals surface area contributed by atoms with E-state index >= 15 is 0 Å². The van der Waals surface area contributed by atoms with Gasteiger partial charge in [-0.3, -0.25) is 9.59 Å². The molecule has 0 aliphatic heterocycles. The van der Waals surface area contributed by atoms with Gasteiger partial charge < -0.3 is 24.1 Å². The van der Waals surface area contributed by atoms with E-state index in [0.717, 1.165) is 16.7 Å². The number of Topliss-reactive ketones (excluding diaryl/α,β-unsaturated/α-hetero) is 1. The van der Waals surface area contributed by atoms with Crippen molar-refractivity contribution in [2.75, 3.05) is 0 Å². The van der Waals surface area contributed by atoms with Crippen LogP contribution in [0.3, 0.4) is 0 Å². The SMILES string of the molecule is CC(=O)O[C@@H]1[C@H](OCc2ccccc2)[C@@H](OCc2ccccc2)[C@H](OCc2ccccc2)C(=O)[C@H]1O. The van der Waals surface area contributed by atoms with Crippen LogP contribution < -0.4 is 0 Å². The van der Waals surface area contributed by atoms with Gasteiger partial charge in [0.25, 0.3) is 0 Å². The summed E-state index contributed by atoms with van der Waals surface area (Å²) in [5.41, 5.74) is 2.64. The zero-order valence-corrected chi connectivity index (χ0v) is 20.1. The number of hydrogen-bond donors (Lipinski definition) is 1. The summed E-state index contributed by atoms with van der Waals surface area (Å²) in [7, 11) is 0. The summed E-state index contributed by atoms with van der Waals surface area (Å²) in [6.07, 6.45) is -5.87. The molecule has 3 aromatic rings. The number of aliphatic hydroxyl groups is 1. The van der Waals surface area contributed by atoms with Crippen molar-refractivity contribution in [3.63, 3.8) is 0 Å². The Morgan fingerprint density at radius 3 is 1.53 bits per heavy atom. The lowest BCUT2D eigenvalue weighted by molar-refractivity contribution is -0.227. The third-order valence-electron chi connectivity index (χ3n) is 5.97. The summed E-state index contributed by atoms with van der Waals surface area (Å²) in [6, 6.07) is 28.4. The third kappa shape index (κ3) is 6.65. The quantitative estimate of drug-likeness (QED) is 0.434. The van der Waals surface area contributed by atoms with Gasteiger partial charge in [0.2, 0.25) is 0 Å². The largest absolute Gasteiger partial charge is 0.456 e. The van der Waals surface area contributed by atoms with Crippen LogP contribution in [0, 0.1) is 0 Å². The standard InChI is InChI=1S/C29H30O7/c1-20(30)36-27-25(32)24(31)26(33-17-21-11-5-2-6-12-21)28(34-18-22-13-7-3-8-14-22)29(27)35-19-23-15-9-4-10-16-23/h2-16,25-29,32H,17-19H2,1H3/t25-,26-,27+,28+,29+/m1/s1. The highest BCUT2D eigenvalue weighted by molar-refractivity contribution is 5.90. The first kappa shape index (κ1) is 25.7. The van der Waals surface area contributed by atoms with Crippen molar-refractivity contribution in [1.82, 2.24) is 0 Å². The number of carbonyl (C=O) groups is 2. The van der Waals surface area contributed by atoms with Crippen LogP contribution in [0.4, 0.5) is 0 Å². The average Bonchev–Trinajstić information content (AvgIpc) is 2.91. The molecule has 188 valence electrons. The van der Waals surface area contributed by atoms with Gasteiger partial charge in [0.1, 0.15) is 18.3 Å². The van der Waals surface area contributed by atoms with Crippen molar-refractivity contribution < 1.29 is 33.6 Å². The second-order valence-corrected chi connectivity index (χ2v) is 8.66. The van der Waals surface area contributed by atoms with E-state index in [1.807, 2.05) is 91.0 Å². The molecule has 1 fully saturated rings. The molecule has 0 aromatic heterocycles. The zero-order valence-electron chi connectivity index (χ0n) is 20.1. The summed E-state index contributed by atoms with van der Waals surface area (Å²) < 4.78 is 23.8. The summed E-state index contributed by atoms with van der Waals surface area (Å²) in [4.78, 5) is 25.2. The fourth-order valence-electron chi connectivity index (χ4n) is 4.20. The second kappa shape index (κ2) is 12.6. The smallest absolute Gasteiger partial charge is 0.303 e. The molecule has 0 spiro atoms. The van der Waals surface area contributed by atoms with Gasteiger partial charge in [-0.1, -0.05) is 91.0 Å². The van der Waals surface area contributed by atoms with Gasteiger partial charge in [0.05, 0.1) is 19.8 Å². The first-order chi connectivity index (χ1) is 17.5. The maximum absolute atomic E-state index is 13.3. The molecule has 5 atom stereocenters. The lowest BCUT2D eigenvalue weighted by Crippen LogP contribution is -2.64. The van der Waals surface area contributed by atoms with E-state index in [4.69, 9.17) is 18.9 Å². The van der Waals surface area contributed by atoms with E-state index in [2.05, 4.69) is 0 Å². The van der Waals surface area contributed by atoms with Gasteiger partial charge in [-0.2, -0.15) is 0 Å². The van der Waals surface area contributed by atoms with E-state index < -0.39 is 42.3 Å². The minimum atomic E-state index is -1.62. The number of esters is 1. The van der Waals surface area contributed by atoms with Gasteiger partial charge >= 0.3 is 5.97 Å². The monoisotopic (exact) mass is 490 g/mol. The molecule has 7 nitrogen and oxygen atoms in total. The highest BCUT2D eigenvalue weighted by Crippen LogP contribution is 2.30. The molecule has 4 rings (SSSR count). The fourth-order valence-corrected chi connectivity index (χ4v) is 4.20. The second-order valence-electron chi connectivity index (χ2n) is 8.66. The molecule has 1 aliphatic rings. The van der Waals surface area contributed by atoms with Crippen LogP contribution in [0.25, 0.3) is 0 Å². The Kier molecular flexibility index (Phi) is 8.97. The molecule has 0 radical (unpaired) electrons. The summed E-state index contributed by atoms with van der Waals surface area (Å²) in [6.45, 7) is 1.71. The lowest BCUT2D eigenvalue weighted by atomic mass is 9.85. The van der Waals surface area contributed by atoms with Crippen molar-refractivity contribution in [3.8, 4) is 0 Å². The lowest BCUT2D eigenvalue weighted by Gasteiger charge is -2.42. The fraction of sp³-hybridized carbons (Fsp3) is 0.310. The molecule has 0 amide bonds. The van der Waals surface area contributed by atoms with E-state index in [0.29, 0.717) is 0 Å². The molecule has 7 heteroatoms. The Morgan fingerprint density at radius 1 is 0.667 bits per heavy atom. The minimum absolute atomic E-state index is 0.138. The zero-order chi connectivity index (χ0) is 25.3. The Balaban J connectivity index is 1.62. The molecule has 0 bridgehead atoms. The number of benzene rings is 3. The van der Waals surface area contributed by atoms with E-state index in [-0.39, 0.29) is 19.8 Å². The van der Waals surface area contributed by atoms with E-state index in [9.17, 15) is 14.7 Å². The van der Waals surface area contributed by atoms with Gasteiger partial charge in [-0.15, -0.1) is 0 Å². The highest BCUT2D eigenvalue weighted by atomic mass is 16.6. The number of hydrogen-bond acceptors (Lipinski definition) is 7. The van der Waals surface area contributed by atoms with E-state index in [1.54, 1.807) is 0 Å². The van der Waals surface area contributed by atoms with Crippen molar-refractivity contribution in [1.29, 1.82) is 0 Å². The Morgan fingerprint density at radius 2 is 1.08 bits per heavy atom. The third-order valence-corrected chi connectivity index (χ3v) is 5.97. The Bertz CT molecular complexity index is 1100. The number of ketones is 1. The first-order valence-electron chi connectivity index (χ1n) is 11.9. The van der Waals surface area contributed by atoms with Crippen LogP contribution >= 0.6 is 0 Å². The number of aliphatic hydroxyl groups excluding tert-OH is 1. The molecule has 0 unspecified atom stereocenters. The summed E-state index contributed by atoms with van der Waals surface area (Å²) in [5, 5.41) is 10.9. The molecule has 0 heterocycles. The van der Waals surface area contributed by atoms with Crippen molar-refractivity contribution in [2.45, 2.75) is 57.3 Å². The molecular formula is C29H30O7. The van der Waals surface area contributed by atoms with Crippen LogP contribution in [0.5, 0.6) is 0 Å². The molecule has 36 heavy (non-hydrogen) atoms. The van der Waals surface area contributed by atoms with Crippen LogP contribution in [0.2, 0.25) is 0 Å². The molecule has 0 saturated heterocycles. The normalized spacial score (nSPS) is 23.8. The van der Waals surface area contributed by atoms with Gasteiger partial charge in [-0.25, -0.2) is 0 Å². The van der Waals surface area contributed by atoms with E-state index in [1.165, 1.54) is 6.92 Å². The van der Waals surface area contributed by atoms with Crippen molar-refractivity contribution in [3.05, 3.63) is 108 Å². The topological polar surface area (TPSA) is 91.3 Å². The molecule has 1 aliphatic carbocycles. The predicted octanol–water partition coefficient (Wildman–Crippen LogP) is 3.62. The molecular weight excluding hydrogens is 460 g/mol. The molecule has 3 aromatic carbocycles. The van der Waals surface area contributed by atoms with Crippen molar-refractivity contribution >= 4 is 11.8 Å². The maximum Gasteiger partial charge on any atom is 0.303 e. The van der Waals surface area contributed by atoms with Crippen molar-refractivity contribution in [2.24, 2.45) is 0 Å². The molecule has 1 saturated carbocycles. The van der Waals surface area contributed by atoms with Crippen LogP contribution in [-0.2, 0) is 48.4 Å². The summed E-state index contributed by atoms with van der Waals surface area (Å²) >= 11 is 0. The average molecular weight is 491 g/mol. The van der Waals surface area contributed by atoms with Gasteiger partial charge in [0.15, 0.2) is 18.0 Å². The Hall–Kier alpha value is -3.36. The Labute approximate surface area is 210 Å². The van der Waals surface area contributed by atoms with Gasteiger partial charge in [0, 0.05) is 6.92 Å². The van der Waals surface area contributed by atoms with Crippen LogP contribution in [0.1, 0.15) is 23.6 Å². The number of ether oxygens (including phenoxy) is 4. The van der Waals surface area contributed by atoms with Crippen LogP contribution in [-0.4, -0.2) is 47.4 Å². The summed E-state index contributed by atoms with van der Waals surface area (Å²) in [5.74, 6) is -1.25. The molecule has 1 N–H and O–H groups in total.